The zero-order valence-corrected chi connectivity index (χ0v) is 21.3. The van der Waals surface area contributed by atoms with Crippen molar-refractivity contribution in [3.05, 3.63) is 28.3 Å². The number of nitriles is 1. The molecule has 2 bridgehead atoms. The average Bonchev–Trinajstić information content (AvgIpc) is 3.48. The number of hydrogen-bond acceptors (Lipinski definition) is 5. The van der Waals surface area contributed by atoms with E-state index in [1.165, 1.54) is 6.07 Å². The maximum atomic E-state index is 13.5. The normalized spacial score (nSPS) is 31.9. The summed E-state index contributed by atoms with van der Waals surface area (Å²) in [4.78, 5) is 44.6. The molecule has 1 saturated carbocycles. The van der Waals surface area contributed by atoms with Gasteiger partial charge in [0, 0.05) is 6.54 Å². The largest absolute Gasteiger partial charge is 0.446 e. The van der Waals surface area contributed by atoms with Crippen LogP contribution in [0.2, 0.25) is 5.02 Å². The molecule has 0 spiro atoms. The Kier molecular flexibility index (Phi) is 5.95. The summed E-state index contributed by atoms with van der Waals surface area (Å²) >= 11 is 6.31. The molecule has 3 saturated heterocycles. The average molecular weight is 499 g/mol. The van der Waals surface area contributed by atoms with Crippen molar-refractivity contribution in [3.63, 3.8) is 0 Å². The van der Waals surface area contributed by atoms with Crippen LogP contribution in [0.4, 0.5) is 15.3 Å². The first kappa shape index (κ1) is 23.9. The van der Waals surface area contributed by atoms with Crippen LogP contribution < -0.4 is 4.90 Å². The second-order valence-electron chi connectivity index (χ2n) is 10.8. The molecule has 9 heteroatoms. The first-order chi connectivity index (χ1) is 16.6. The van der Waals surface area contributed by atoms with Crippen LogP contribution in [0.25, 0.3) is 0 Å². The molecule has 6 atom stereocenters. The Morgan fingerprint density at radius 1 is 1.23 bits per heavy atom. The van der Waals surface area contributed by atoms with Crippen molar-refractivity contribution >= 4 is 35.3 Å². The number of imide groups is 1. The Morgan fingerprint density at radius 3 is 2.66 bits per heavy atom. The van der Waals surface area contributed by atoms with Crippen LogP contribution in [-0.2, 0) is 9.53 Å². The lowest BCUT2D eigenvalue weighted by Crippen LogP contribution is -2.55. The third kappa shape index (κ3) is 3.67. The van der Waals surface area contributed by atoms with E-state index in [1.54, 1.807) is 22.8 Å². The van der Waals surface area contributed by atoms with Crippen molar-refractivity contribution in [1.82, 2.24) is 9.80 Å². The molecule has 4 amide bonds. The number of benzene rings is 1. The molecule has 4 fully saturated rings. The molecule has 5 rings (SSSR count). The van der Waals surface area contributed by atoms with Crippen molar-refractivity contribution in [3.8, 4) is 6.07 Å². The van der Waals surface area contributed by atoms with Crippen molar-refractivity contribution < 1.29 is 19.1 Å². The highest BCUT2D eigenvalue weighted by molar-refractivity contribution is 6.33. The Morgan fingerprint density at radius 2 is 1.97 bits per heavy atom. The number of nitrogens with zero attached hydrogens (tertiary/aromatic N) is 4. The van der Waals surface area contributed by atoms with Gasteiger partial charge in [-0.25, -0.2) is 14.5 Å². The maximum absolute atomic E-state index is 13.5. The number of amides is 4. The number of hydrogen-bond donors (Lipinski definition) is 0. The van der Waals surface area contributed by atoms with Gasteiger partial charge in [0.2, 0.25) is 0 Å². The molecule has 186 valence electrons. The van der Waals surface area contributed by atoms with Crippen LogP contribution in [0.15, 0.2) is 12.1 Å². The Bertz CT molecular complexity index is 1130. The predicted molar refractivity (Wildman–Crippen MR) is 130 cm³/mol. The lowest BCUT2D eigenvalue weighted by molar-refractivity contribution is -0.121. The van der Waals surface area contributed by atoms with Gasteiger partial charge < -0.3 is 14.5 Å². The summed E-state index contributed by atoms with van der Waals surface area (Å²) in [5, 5.41) is 9.46. The Balaban J connectivity index is 1.35. The standard InChI is InChI=1S/C26H31ClN4O4/c1-13(2)18-9-14(3)5-8-21(18)35-26(34)29-12-17-10-20(29)23-24(32)31(25(33)30(17)23)19-7-6-16(11-28)22(27)15(19)4/h6-7,13-14,17-18,20-21,23H,5,8-10,12H2,1-4H3/t14-,17-,18-,20?,21+,23+/m1/s1. The van der Waals surface area contributed by atoms with Gasteiger partial charge in [-0.2, -0.15) is 5.26 Å². The molecule has 0 radical (unpaired) electrons. The molecule has 1 aliphatic carbocycles. The highest BCUT2D eigenvalue weighted by Crippen LogP contribution is 2.44. The van der Waals surface area contributed by atoms with Gasteiger partial charge in [-0.15, -0.1) is 0 Å². The second-order valence-corrected chi connectivity index (χ2v) is 11.2. The van der Waals surface area contributed by atoms with E-state index in [-0.39, 0.29) is 29.2 Å². The van der Waals surface area contributed by atoms with E-state index in [0.29, 0.717) is 47.5 Å². The van der Waals surface area contributed by atoms with Crippen molar-refractivity contribution in [1.29, 1.82) is 5.26 Å². The van der Waals surface area contributed by atoms with Crippen LogP contribution >= 0.6 is 11.6 Å². The summed E-state index contributed by atoms with van der Waals surface area (Å²) < 4.78 is 6.04. The number of fused-ring (bicyclic) bond motifs is 5. The zero-order chi connectivity index (χ0) is 25.2. The molecule has 1 unspecified atom stereocenters. The lowest BCUT2D eigenvalue weighted by atomic mass is 9.75. The zero-order valence-electron chi connectivity index (χ0n) is 20.5. The van der Waals surface area contributed by atoms with Gasteiger partial charge in [0.25, 0.3) is 5.91 Å². The molecule has 1 aromatic carbocycles. The molecule has 0 N–H and O–H groups in total. The highest BCUT2D eigenvalue weighted by atomic mass is 35.5. The van der Waals surface area contributed by atoms with Crippen LogP contribution in [0.5, 0.6) is 0 Å². The van der Waals surface area contributed by atoms with Crippen molar-refractivity contribution in [2.45, 2.75) is 77.6 Å². The predicted octanol–water partition coefficient (Wildman–Crippen LogP) is 4.71. The van der Waals surface area contributed by atoms with Gasteiger partial charge in [0.05, 0.1) is 28.4 Å². The summed E-state index contributed by atoms with van der Waals surface area (Å²) in [5.74, 6) is 1.01. The van der Waals surface area contributed by atoms with E-state index < -0.39 is 18.1 Å². The number of anilines is 1. The molecule has 3 heterocycles. The van der Waals surface area contributed by atoms with E-state index in [2.05, 4.69) is 20.8 Å². The van der Waals surface area contributed by atoms with E-state index in [9.17, 15) is 19.6 Å². The molecule has 3 aliphatic heterocycles. The monoisotopic (exact) mass is 498 g/mol. The van der Waals surface area contributed by atoms with Crippen LogP contribution in [0, 0.1) is 36.0 Å². The molecule has 4 aliphatic rings. The summed E-state index contributed by atoms with van der Waals surface area (Å²) in [6, 6.07) is 3.37. The van der Waals surface area contributed by atoms with Crippen molar-refractivity contribution in [2.75, 3.05) is 11.4 Å². The topological polar surface area (TPSA) is 94.0 Å². The maximum Gasteiger partial charge on any atom is 0.410 e. The minimum absolute atomic E-state index is 0.116. The van der Waals surface area contributed by atoms with Gasteiger partial charge >= 0.3 is 12.1 Å². The molecular formula is C26H31ClN4O4. The lowest BCUT2D eigenvalue weighted by Gasteiger charge is -2.39. The fraction of sp³-hybridized carbons (Fsp3) is 0.615. The summed E-state index contributed by atoms with van der Waals surface area (Å²) in [7, 11) is 0. The third-order valence-corrected chi connectivity index (χ3v) is 8.91. The molecule has 0 aromatic heterocycles. The number of piperazine rings is 1. The van der Waals surface area contributed by atoms with Gasteiger partial charge in [-0.05, 0) is 68.1 Å². The van der Waals surface area contributed by atoms with E-state index in [1.807, 2.05) is 6.07 Å². The minimum atomic E-state index is -0.727. The van der Waals surface area contributed by atoms with Crippen LogP contribution in [-0.4, -0.2) is 58.6 Å². The first-order valence-electron chi connectivity index (χ1n) is 12.5. The summed E-state index contributed by atoms with van der Waals surface area (Å²) in [6.45, 7) is 8.66. The van der Waals surface area contributed by atoms with Gasteiger partial charge in [-0.3, -0.25) is 4.79 Å². The number of rotatable bonds is 3. The van der Waals surface area contributed by atoms with E-state index >= 15 is 0 Å². The van der Waals surface area contributed by atoms with Crippen LogP contribution in [0.1, 0.15) is 57.6 Å². The van der Waals surface area contributed by atoms with Gasteiger partial charge in [0.1, 0.15) is 18.2 Å². The molecular weight excluding hydrogens is 468 g/mol. The third-order valence-electron chi connectivity index (χ3n) is 8.42. The Hall–Kier alpha value is -2.79. The number of ether oxygens (including phenoxy) is 1. The van der Waals surface area contributed by atoms with Crippen LogP contribution in [0.3, 0.4) is 0 Å². The number of urea groups is 1. The quantitative estimate of drug-likeness (QED) is 0.562. The van der Waals surface area contributed by atoms with Gasteiger partial charge in [-0.1, -0.05) is 32.4 Å². The minimum Gasteiger partial charge on any atom is -0.446 e. The number of likely N-dealkylation sites (tertiary alicyclic amines) is 1. The SMILES string of the molecule is Cc1c(N2C(=O)[C@@H]3C4C[C@H](CN4C(=O)O[C@H]4CC[C@@H](C)C[C@@H]4C(C)C)N3C2=O)ccc(C#N)c1Cl. The molecule has 35 heavy (non-hydrogen) atoms. The second kappa shape index (κ2) is 8.70. The van der Waals surface area contributed by atoms with Crippen molar-refractivity contribution in [2.24, 2.45) is 17.8 Å². The van der Waals surface area contributed by atoms with Gasteiger partial charge in [0.15, 0.2) is 0 Å². The molecule has 1 aromatic rings. The highest BCUT2D eigenvalue weighted by Gasteiger charge is 2.63. The fourth-order valence-corrected chi connectivity index (χ4v) is 6.74. The fourth-order valence-electron chi connectivity index (χ4n) is 6.53. The first-order valence-corrected chi connectivity index (χ1v) is 12.8. The Labute approximate surface area is 210 Å². The number of halogens is 1. The number of carbonyl (C=O) groups is 3. The summed E-state index contributed by atoms with van der Waals surface area (Å²) in [6.07, 6.45) is 3.03. The van der Waals surface area contributed by atoms with E-state index in [0.717, 1.165) is 24.2 Å². The summed E-state index contributed by atoms with van der Waals surface area (Å²) in [5.41, 5.74) is 1.17. The van der Waals surface area contributed by atoms with E-state index in [4.69, 9.17) is 16.3 Å². The number of carbonyl (C=O) groups excluding carboxylic acids is 3. The smallest absolute Gasteiger partial charge is 0.410 e. The molecule has 8 nitrogen and oxygen atoms in total.